The first-order valence-electron chi connectivity index (χ1n) is 8.14. The lowest BCUT2D eigenvalue weighted by Crippen LogP contribution is -2.40. The van der Waals surface area contributed by atoms with E-state index in [1.54, 1.807) is 0 Å². The largest absolute Gasteiger partial charge is 0.312 e. The third-order valence-corrected chi connectivity index (χ3v) is 5.66. The Hall–Kier alpha value is -0.900. The second-order valence-corrected chi connectivity index (χ2v) is 7.29. The van der Waals surface area contributed by atoms with Crippen LogP contribution in [-0.2, 0) is 19.9 Å². The molecule has 1 saturated carbocycles. The van der Waals surface area contributed by atoms with Crippen LogP contribution in [-0.4, -0.2) is 27.1 Å². The van der Waals surface area contributed by atoms with Crippen LogP contribution in [0, 0.1) is 17.8 Å². The average Bonchev–Trinajstić information content (AvgIpc) is 2.94. The minimum absolute atomic E-state index is 0.284. The van der Waals surface area contributed by atoms with Gasteiger partial charge in [-0.2, -0.15) is 0 Å². The molecule has 4 heteroatoms. The molecule has 0 spiro atoms. The molecule has 20 heavy (non-hydrogen) atoms. The van der Waals surface area contributed by atoms with E-state index < -0.39 is 0 Å². The van der Waals surface area contributed by atoms with Gasteiger partial charge in [-0.05, 0) is 70.3 Å². The Kier molecular flexibility index (Phi) is 3.61. The zero-order chi connectivity index (χ0) is 14.3. The molecule has 1 N–H and O–H groups in total. The van der Waals surface area contributed by atoms with Crippen molar-refractivity contribution in [2.45, 2.75) is 58.4 Å². The summed E-state index contributed by atoms with van der Waals surface area (Å²) in [6.07, 6.45) is 6.09. The standard InChI is InChI=1S/C16H28N4/c1-5-16(2,3)17-10-13-11-6-8-14-15(9-7-12(11)13)20(4)19-18-14/h11-13,17H,5-10H2,1-4H3/t11-,12+,13-/m0/s1. The van der Waals surface area contributed by atoms with Gasteiger partial charge in [0, 0.05) is 12.6 Å². The molecule has 1 aromatic heterocycles. The number of aromatic nitrogens is 3. The Morgan fingerprint density at radius 3 is 2.65 bits per heavy atom. The number of nitrogens with one attached hydrogen (secondary N) is 1. The Morgan fingerprint density at radius 1 is 1.25 bits per heavy atom. The Labute approximate surface area is 122 Å². The average molecular weight is 276 g/mol. The first kappa shape index (κ1) is 14.1. The second-order valence-electron chi connectivity index (χ2n) is 7.29. The Balaban J connectivity index is 1.58. The van der Waals surface area contributed by atoms with Crippen molar-refractivity contribution in [3.8, 4) is 0 Å². The molecule has 3 rings (SSSR count). The summed E-state index contributed by atoms with van der Waals surface area (Å²) < 4.78 is 1.98. The van der Waals surface area contributed by atoms with Crippen molar-refractivity contribution >= 4 is 0 Å². The minimum Gasteiger partial charge on any atom is -0.312 e. The van der Waals surface area contributed by atoms with Crippen molar-refractivity contribution in [1.29, 1.82) is 0 Å². The predicted octanol–water partition coefficient (Wildman–Crippen LogP) is 2.33. The summed E-state index contributed by atoms with van der Waals surface area (Å²) >= 11 is 0. The van der Waals surface area contributed by atoms with Crippen molar-refractivity contribution in [3.05, 3.63) is 11.4 Å². The van der Waals surface area contributed by atoms with Crippen LogP contribution in [0.15, 0.2) is 0 Å². The molecule has 0 radical (unpaired) electrons. The lowest BCUT2D eigenvalue weighted by Gasteiger charge is -2.24. The van der Waals surface area contributed by atoms with Gasteiger partial charge in [0.2, 0.25) is 0 Å². The Bertz CT molecular complexity index is 477. The monoisotopic (exact) mass is 276 g/mol. The van der Waals surface area contributed by atoms with Gasteiger partial charge >= 0.3 is 0 Å². The van der Waals surface area contributed by atoms with Gasteiger partial charge in [0.25, 0.3) is 0 Å². The van der Waals surface area contributed by atoms with Crippen LogP contribution in [0.5, 0.6) is 0 Å². The van der Waals surface area contributed by atoms with Crippen molar-refractivity contribution in [1.82, 2.24) is 20.3 Å². The van der Waals surface area contributed by atoms with E-state index >= 15 is 0 Å². The van der Waals surface area contributed by atoms with Gasteiger partial charge < -0.3 is 5.32 Å². The molecule has 1 fully saturated rings. The van der Waals surface area contributed by atoms with Gasteiger partial charge in [-0.25, -0.2) is 0 Å². The summed E-state index contributed by atoms with van der Waals surface area (Å²) in [7, 11) is 2.03. The van der Waals surface area contributed by atoms with E-state index in [1.165, 1.54) is 37.2 Å². The zero-order valence-corrected chi connectivity index (χ0v) is 13.3. The highest BCUT2D eigenvalue weighted by molar-refractivity contribution is 5.15. The van der Waals surface area contributed by atoms with Crippen LogP contribution in [0.25, 0.3) is 0 Å². The number of hydrogen-bond donors (Lipinski definition) is 1. The number of rotatable bonds is 4. The number of fused-ring (bicyclic) bond motifs is 2. The molecule has 4 nitrogen and oxygen atoms in total. The molecule has 2 aliphatic carbocycles. The molecule has 0 amide bonds. The summed E-state index contributed by atoms with van der Waals surface area (Å²) in [6.45, 7) is 8.07. The topological polar surface area (TPSA) is 42.7 Å². The van der Waals surface area contributed by atoms with Crippen LogP contribution in [0.2, 0.25) is 0 Å². The van der Waals surface area contributed by atoms with Crippen LogP contribution < -0.4 is 5.32 Å². The van der Waals surface area contributed by atoms with Crippen LogP contribution in [0.1, 0.15) is 51.4 Å². The smallest absolute Gasteiger partial charge is 0.0859 e. The SMILES string of the molecule is CCC(C)(C)NC[C@@H]1[C@@H]2CCc3c(nnn3C)CC[C@@H]21. The highest BCUT2D eigenvalue weighted by Gasteiger charge is 2.49. The number of aryl methyl sites for hydroxylation is 2. The van der Waals surface area contributed by atoms with E-state index in [2.05, 4.69) is 36.4 Å². The Morgan fingerprint density at radius 2 is 1.95 bits per heavy atom. The van der Waals surface area contributed by atoms with E-state index in [0.29, 0.717) is 0 Å². The van der Waals surface area contributed by atoms with Gasteiger partial charge in [-0.3, -0.25) is 4.68 Å². The van der Waals surface area contributed by atoms with Crippen molar-refractivity contribution < 1.29 is 0 Å². The molecule has 0 bridgehead atoms. The van der Waals surface area contributed by atoms with Crippen LogP contribution in [0.4, 0.5) is 0 Å². The first-order valence-corrected chi connectivity index (χ1v) is 8.14. The predicted molar refractivity (Wildman–Crippen MR) is 80.5 cm³/mol. The highest BCUT2D eigenvalue weighted by Crippen LogP contribution is 2.52. The van der Waals surface area contributed by atoms with Crippen molar-refractivity contribution in [3.63, 3.8) is 0 Å². The molecule has 3 atom stereocenters. The fraction of sp³-hybridized carbons (Fsp3) is 0.875. The molecular weight excluding hydrogens is 248 g/mol. The fourth-order valence-corrected chi connectivity index (χ4v) is 3.73. The van der Waals surface area contributed by atoms with E-state index in [9.17, 15) is 0 Å². The quantitative estimate of drug-likeness (QED) is 0.918. The van der Waals surface area contributed by atoms with Gasteiger partial charge in [-0.1, -0.05) is 12.1 Å². The molecule has 1 aromatic rings. The van der Waals surface area contributed by atoms with E-state index in [1.807, 2.05) is 11.7 Å². The van der Waals surface area contributed by atoms with E-state index in [-0.39, 0.29) is 5.54 Å². The highest BCUT2D eigenvalue weighted by atomic mass is 15.4. The van der Waals surface area contributed by atoms with Crippen molar-refractivity contribution in [2.24, 2.45) is 24.8 Å². The van der Waals surface area contributed by atoms with Crippen molar-refractivity contribution in [2.75, 3.05) is 6.54 Å². The van der Waals surface area contributed by atoms with Crippen LogP contribution in [0.3, 0.4) is 0 Å². The summed E-state index contributed by atoms with van der Waals surface area (Å²) in [5.74, 6) is 2.74. The number of hydrogen-bond acceptors (Lipinski definition) is 3. The normalized spacial score (nSPS) is 29.3. The fourth-order valence-electron chi connectivity index (χ4n) is 3.73. The number of nitrogens with zero attached hydrogens (tertiary/aromatic N) is 3. The maximum absolute atomic E-state index is 4.33. The summed E-state index contributed by atoms with van der Waals surface area (Å²) in [5.41, 5.74) is 2.90. The molecule has 0 saturated heterocycles. The summed E-state index contributed by atoms with van der Waals surface area (Å²) in [4.78, 5) is 0. The van der Waals surface area contributed by atoms with E-state index in [4.69, 9.17) is 0 Å². The molecule has 0 unspecified atom stereocenters. The molecular formula is C16H28N4. The summed E-state index contributed by atoms with van der Waals surface area (Å²) in [6, 6.07) is 0. The molecule has 0 aliphatic heterocycles. The lowest BCUT2D eigenvalue weighted by atomic mass is 10.0. The minimum atomic E-state index is 0.284. The van der Waals surface area contributed by atoms with Crippen LogP contribution >= 0.6 is 0 Å². The summed E-state index contributed by atoms with van der Waals surface area (Å²) in [5, 5.41) is 12.3. The molecule has 112 valence electrons. The van der Waals surface area contributed by atoms with Gasteiger partial charge in [0.05, 0.1) is 11.4 Å². The second kappa shape index (κ2) is 5.14. The lowest BCUT2D eigenvalue weighted by molar-refractivity contribution is 0.361. The van der Waals surface area contributed by atoms with Gasteiger partial charge in [0.15, 0.2) is 0 Å². The maximum Gasteiger partial charge on any atom is 0.0859 e. The molecule has 1 heterocycles. The third-order valence-electron chi connectivity index (χ3n) is 5.66. The van der Waals surface area contributed by atoms with E-state index in [0.717, 1.165) is 30.6 Å². The van der Waals surface area contributed by atoms with Gasteiger partial charge in [0.1, 0.15) is 0 Å². The van der Waals surface area contributed by atoms with Gasteiger partial charge in [-0.15, -0.1) is 5.10 Å². The molecule has 0 aromatic carbocycles. The maximum atomic E-state index is 4.33. The third kappa shape index (κ3) is 2.62. The zero-order valence-electron chi connectivity index (χ0n) is 13.3. The first-order chi connectivity index (χ1) is 9.52. The molecule has 2 aliphatic rings.